The van der Waals surface area contributed by atoms with Crippen LogP contribution in [-0.2, 0) is 16.4 Å². The largest absolute Gasteiger partial charge is 0.495 e. The van der Waals surface area contributed by atoms with Crippen LogP contribution in [0.1, 0.15) is 15.9 Å². The predicted octanol–water partition coefficient (Wildman–Crippen LogP) is 1.34. The monoisotopic (exact) mass is 376 g/mol. The van der Waals surface area contributed by atoms with Crippen LogP contribution < -0.4 is 19.5 Å². The van der Waals surface area contributed by atoms with Crippen molar-refractivity contribution >= 4 is 15.9 Å². The molecule has 0 fully saturated rings. The third-order valence-electron chi connectivity index (χ3n) is 4.19. The highest BCUT2D eigenvalue weighted by atomic mass is 32.2. The van der Waals surface area contributed by atoms with Gasteiger partial charge in [-0.2, -0.15) is 0 Å². The van der Waals surface area contributed by atoms with Gasteiger partial charge in [-0.1, -0.05) is 18.2 Å². The van der Waals surface area contributed by atoms with Crippen molar-refractivity contribution in [2.24, 2.45) is 0 Å². The van der Waals surface area contributed by atoms with Gasteiger partial charge in [0.2, 0.25) is 10.0 Å². The molecule has 1 heterocycles. The van der Waals surface area contributed by atoms with E-state index >= 15 is 0 Å². The molecule has 0 spiro atoms. The first-order valence-corrected chi connectivity index (χ1v) is 9.57. The Bertz CT molecular complexity index is 902. The van der Waals surface area contributed by atoms with E-state index in [1.165, 1.54) is 32.4 Å². The van der Waals surface area contributed by atoms with E-state index in [2.05, 4.69) is 10.0 Å². The molecule has 1 aliphatic heterocycles. The topological polar surface area (TPSA) is 93.7 Å². The average Bonchev–Trinajstić information content (AvgIpc) is 3.08. The molecule has 0 aromatic heterocycles. The maximum absolute atomic E-state index is 12.4. The highest BCUT2D eigenvalue weighted by Crippen LogP contribution is 2.28. The number of hydrogen-bond acceptors (Lipinski definition) is 5. The van der Waals surface area contributed by atoms with Crippen molar-refractivity contribution in [2.75, 3.05) is 20.7 Å². The predicted molar refractivity (Wildman–Crippen MR) is 96.1 cm³/mol. The molecule has 7 nitrogen and oxygen atoms in total. The van der Waals surface area contributed by atoms with Crippen LogP contribution in [0.5, 0.6) is 11.5 Å². The van der Waals surface area contributed by atoms with Gasteiger partial charge >= 0.3 is 0 Å². The fourth-order valence-electron chi connectivity index (χ4n) is 2.81. The summed E-state index contributed by atoms with van der Waals surface area (Å²) >= 11 is 0. The summed E-state index contributed by atoms with van der Waals surface area (Å²) < 4.78 is 37.3. The van der Waals surface area contributed by atoms with Gasteiger partial charge in [-0.25, -0.2) is 13.1 Å². The van der Waals surface area contributed by atoms with Crippen LogP contribution in [-0.4, -0.2) is 41.1 Å². The zero-order valence-corrected chi connectivity index (χ0v) is 15.3. The Hall–Kier alpha value is -2.58. The van der Waals surface area contributed by atoms with Gasteiger partial charge in [-0.3, -0.25) is 4.79 Å². The molecule has 2 aromatic rings. The molecular weight excluding hydrogens is 356 g/mol. The van der Waals surface area contributed by atoms with Gasteiger partial charge in [0.25, 0.3) is 5.91 Å². The smallest absolute Gasteiger partial charge is 0.251 e. The van der Waals surface area contributed by atoms with E-state index in [0.29, 0.717) is 6.54 Å². The number of nitrogens with one attached hydrogen (secondary N) is 2. The zero-order chi connectivity index (χ0) is 18.7. The van der Waals surface area contributed by atoms with E-state index in [0.717, 1.165) is 17.7 Å². The van der Waals surface area contributed by atoms with E-state index in [4.69, 9.17) is 9.47 Å². The highest BCUT2D eigenvalue weighted by Gasteiger charge is 2.24. The molecule has 3 rings (SSSR count). The molecule has 26 heavy (non-hydrogen) atoms. The molecule has 0 saturated carbocycles. The minimum atomic E-state index is -3.74. The van der Waals surface area contributed by atoms with Gasteiger partial charge in [0.1, 0.15) is 22.5 Å². The van der Waals surface area contributed by atoms with E-state index in [1.807, 2.05) is 24.3 Å². The van der Waals surface area contributed by atoms with E-state index < -0.39 is 10.0 Å². The number of benzene rings is 2. The molecule has 2 N–H and O–H groups in total. The maximum atomic E-state index is 12.4. The Morgan fingerprint density at radius 1 is 1.27 bits per heavy atom. The van der Waals surface area contributed by atoms with Crippen molar-refractivity contribution in [3.05, 3.63) is 53.6 Å². The number of methoxy groups -OCH3 is 1. The second-order valence-electron chi connectivity index (χ2n) is 5.83. The number of ether oxygens (including phenoxy) is 2. The summed E-state index contributed by atoms with van der Waals surface area (Å²) in [6.07, 6.45) is 0.577. The summed E-state index contributed by atoms with van der Waals surface area (Å²) in [4.78, 5) is 12.3. The van der Waals surface area contributed by atoms with Crippen LogP contribution in [0, 0.1) is 0 Å². The number of carbonyl (C=O) groups is 1. The number of carbonyl (C=O) groups excluding carboxylic acids is 1. The first kappa shape index (κ1) is 18.2. The van der Waals surface area contributed by atoms with Crippen molar-refractivity contribution in [3.8, 4) is 11.5 Å². The molecule has 2 aromatic carbocycles. The molecule has 138 valence electrons. The van der Waals surface area contributed by atoms with Gasteiger partial charge < -0.3 is 14.8 Å². The molecule has 0 unspecified atom stereocenters. The molecular formula is C18H20N2O5S. The van der Waals surface area contributed by atoms with Crippen molar-refractivity contribution in [3.63, 3.8) is 0 Å². The highest BCUT2D eigenvalue weighted by molar-refractivity contribution is 7.89. The zero-order valence-electron chi connectivity index (χ0n) is 14.5. The first-order chi connectivity index (χ1) is 12.4. The fraction of sp³-hybridized carbons (Fsp3) is 0.278. The minimum Gasteiger partial charge on any atom is -0.495 e. The van der Waals surface area contributed by atoms with Crippen LogP contribution in [0.3, 0.4) is 0 Å². The number of amides is 1. The number of fused-ring (bicyclic) bond motifs is 1. The van der Waals surface area contributed by atoms with Crippen molar-refractivity contribution < 1.29 is 22.7 Å². The van der Waals surface area contributed by atoms with Crippen LogP contribution in [0.2, 0.25) is 0 Å². The number of hydrogen-bond donors (Lipinski definition) is 2. The summed E-state index contributed by atoms with van der Waals surface area (Å²) in [7, 11) is -1.07. The third-order valence-corrected chi connectivity index (χ3v) is 5.62. The van der Waals surface area contributed by atoms with Gasteiger partial charge in [0.05, 0.1) is 13.7 Å². The molecule has 0 radical (unpaired) electrons. The Morgan fingerprint density at radius 2 is 2.04 bits per heavy atom. The Kier molecular flexibility index (Phi) is 5.15. The summed E-state index contributed by atoms with van der Waals surface area (Å²) in [5.74, 6) is 0.629. The fourth-order valence-corrected chi connectivity index (χ4v) is 3.73. The standard InChI is InChI=1S/C18H20N2O5S/c1-19-26(22,23)17-10-13(7-8-16(17)24-2)18(21)20-11-14-9-12-5-3-4-6-15(12)25-14/h3-8,10,14,19H,9,11H2,1-2H3,(H,20,21)/t14-/m1/s1. The van der Waals surface area contributed by atoms with Crippen LogP contribution >= 0.6 is 0 Å². The van der Waals surface area contributed by atoms with E-state index in [-0.39, 0.29) is 28.2 Å². The van der Waals surface area contributed by atoms with Crippen LogP contribution in [0.25, 0.3) is 0 Å². The number of sulfonamides is 1. The minimum absolute atomic E-state index is 0.0836. The van der Waals surface area contributed by atoms with Gasteiger partial charge in [0.15, 0.2) is 0 Å². The molecule has 8 heteroatoms. The molecule has 0 saturated heterocycles. The summed E-state index contributed by atoms with van der Waals surface area (Å²) in [6, 6.07) is 12.0. The summed E-state index contributed by atoms with van der Waals surface area (Å²) in [6.45, 7) is 0.327. The lowest BCUT2D eigenvalue weighted by atomic mass is 10.1. The Balaban J connectivity index is 1.70. The van der Waals surface area contributed by atoms with Gasteiger partial charge in [0, 0.05) is 12.0 Å². The molecule has 0 bridgehead atoms. The Morgan fingerprint density at radius 3 is 2.73 bits per heavy atom. The summed E-state index contributed by atoms with van der Waals surface area (Å²) in [5, 5.41) is 2.79. The Labute approximate surface area is 152 Å². The SMILES string of the molecule is CNS(=O)(=O)c1cc(C(=O)NC[C@H]2Cc3ccccc3O2)ccc1OC. The third kappa shape index (κ3) is 3.66. The van der Waals surface area contributed by atoms with Crippen molar-refractivity contribution in [2.45, 2.75) is 17.4 Å². The van der Waals surface area contributed by atoms with Crippen LogP contribution in [0.4, 0.5) is 0 Å². The molecule has 0 aliphatic carbocycles. The van der Waals surface area contributed by atoms with Crippen molar-refractivity contribution in [1.82, 2.24) is 10.0 Å². The normalized spacial score (nSPS) is 15.8. The second-order valence-corrected chi connectivity index (χ2v) is 7.69. The lowest BCUT2D eigenvalue weighted by Crippen LogP contribution is -2.34. The van der Waals surface area contributed by atoms with Gasteiger partial charge in [-0.15, -0.1) is 0 Å². The lowest BCUT2D eigenvalue weighted by molar-refractivity contribution is 0.0933. The lowest BCUT2D eigenvalue weighted by Gasteiger charge is -2.13. The van der Waals surface area contributed by atoms with Crippen LogP contribution in [0.15, 0.2) is 47.4 Å². The van der Waals surface area contributed by atoms with Crippen molar-refractivity contribution in [1.29, 1.82) is 0 Å². The second kappa shape index (κ2) is 7.35. The maximum Gasteiger partial charge on any atom is 0.251 e. The molecule has 1 atom stereocenters. The number of rotatable bonds is 6. The first-order valence-electron chi connectivity index (χ1n) is 8.09. The van der Waals surface area contributed by atoms with Gasteiger partial charge in [-0.05, 0) is 36.9 Å². The summed E-state index contributed by atoms with van der Waals surface area (Å²) in [5.41, 5.74) is 1.34. The number of para-hydroxylation sites is 1. The van der Waals surface area contributed by atoms with E-state index in [9.17, 15) is 13.2 Å². The molecule has 1 aliphatic rings. The van der Waals surface area contributed by atoms with E-state index in [1.54, 1.807) is 0 Å². The quantitative estimate of drug-likeness (QED) is 0.793. The molecule has 1 amide bonds. The average molecular weight is 376 g/mol.